The van der Waals surface area contributed by atoms with Gasteiger partial charge < -0.3 is 14.3 Å². The van der Waals surface area contributed by atoms with Gasteiger partial charge in [-0.05, 0) is 61.0 Å². The minimum atomic E-state index is 0.0489. The third kappa shape index (κ3) is 3.64. The van der Waals surface area contributed by atoms with Gasteiger partial charge in [0, 0.05) is 21.8 Å². The van der Waals surface area contributed by atoms with Crippen LogP contribution in [-0.2, 0) is 0 Å². The number of hydrogen-bond donors (Lipinski definition) is 1. The third-order valence-corrected chi connectivity index (χ3v) is 4.76. The molecule has 0 unspecified atom stereocenters. The molecule has 4 rings (SSSR count). The Bertz CT molecular complexity index is 1180. The molecule has 0 amide bonds. The first-order valence-corrected chi connectivity index (χ1v) is 9.41. The molecule has 140 valence electrons. The Balaban J connectivity index is 1.59. The molecule has 0 atom stereocenters. The summed E-state index contributed by atoms with van der Waals surface area (Å²) in [5.74, 6) is 1.01. The third-order valence-electron chi connectivity index (χ3n) is 4.30. The van der Waals surface area contributed by atoms with Crippen LogP contribution in [0.3, 0.4) is 0 Å². The summed E-state index contributed by atoms with van der Waals surface area (Å²) in [5, 5.41) is 10.2. The number of fused-ring (bicyclic) bond motifs is 1. The van der Waals surface area contributed by atoms with Crippen LogP contribution in [0.1, 0.15) is 11.1 Å². The maximum absolute atomic E-state index is 10.2. The average molecular weight is 437 g/mol. The van der Waals surface area contributed by atoms with Crippen molar-refractivity contribution in [1.29, 1.82) is 0 Å². The fourth-order valence-electron chi connectivity index (χ4n) is 2.84. The topological polar surface area (TPSA) is 67.9 Å². The van der Waals surface area contributed by atoms with E-state index in [-0.39, 0.29) is 5.75 Å². The summed E-state index contributed by atoms with van der Waals surface area (Å²) in [7, 11) is 1.51. The van der Waals surface area contributed by atoms with Crippen LogP contribution < -0.4 is 4.74 Å². The van der Waals surface area contributed by atoms with Gasteiger partial charge in [-0.1, -0.05) is 22.0 Å². The van der Waals surface area contributed by atoms with Crippen molar-refractivity contribution in [2.45, 2.75) is 6.92 Å². The number of nitrogens with zero attached hydrogens (tertiary/aromatic N) is 2. The molecule has 1 N–H and O–H groups in total. The number of oxazole rings is 1. The molecule has 3 aromatic carbocycles. The fraction of sp³-hybridized carbons (Fsp3) is 0.0909. The molecule has 0 aliphatic carbocycles. The number of benzene rings is 3. The Morgan fingerprint density at radius 3 is 2.64 bits per heavy atom. The van der Waals surface area contributed by atoms with E-state index < -0.39 is 0 Å². The minimum absolute atomic E-state index is 0.0489. The van der Waals surface area contributed by atoms with Gasteiger partial charge in [0.2, 0.25) is 5.89 Å². The molecule has 4 aromatic rings. The summed E-state index contributed by atoms with van der Waals surface area (Å²) < 4.78 is 11.8. The van der Waals surface area contributed by atoms with E-state index in [9.17, 15) is 5.11 Å². The number of rotatable bonds is 4. The lowest BCUT2D eigenvalue weighted by molar-refractivity contribution is 0.373. The molecule has 0 bridgehead atoms. The van der Waals surface area contributed by atoms with Crippen LogP contribution in [0.2, 0.25) is 0 Å². The Labute approximate surface area is 170 Å². The molecular weight excluding hydrogens is 420 g/mol. The zero-order valence-corrected chi connectivity index (χ0v) is 16.9. The van der Waals surface area contributed by atoms with E-state index in [4.69, 9.17) is 9.15 Å². The van der Waals surface area contributed by atoms with E-state index in [0.717, 1.165) is 32.4 Å². The number of phenols is 1. The quantitative estimate of drug-likeness (QED) is 0.396. The Hall–Kier alpha value is -3.12. The molecule has 5 nitrogen and oxygen atoms in total. The second-order valence-electron chi connectivity index (χ2n) is 6.34. The molecule has 0 radical (unpaired) electrons. The van der Waals surface area contributed by atoms with Crippen molar-refractivity contribution in [3.8, 4) is 23.0 Å². The van der Waals surface area contributed by atoms with Gasteiger partial charge in [0.25, 0.3) is 0 Å². The highest BCUT2D eigenvalue weighted by atomic mass is 79.9. The van der Waals surface area contributed by atoms with Gasteiger partial charge in [-0.15, -0.1) is 0 Å². The van der Waals surface area contributed by atoms with Crippen molar-refractivity contribution in [2.75, 3.05) is 7.11 Å². The molecule has 28 heavy (non-hydrogen) atoms. The number of aromatic hydroxyl groups is 1. The van der Waals surface area contributed by atoms with Crippen molar-refractivity contribution in [2.24, 2.45) is 4.99 Å². The number of halogens is 1. The van der Waals surface area contributed by atoms with Crippen LogP contribution >= 0.6 is 15.9 Å². The molecule has 0 saturated heterocycles. The van der Waals surface area contributed by atoms with Crippen LogP contribution in [-0.4, -0.2) is 23.4 Å². The number of aliphatic imine (C=N–C) groups is 1. The molecule has 1 heterocycles. The number of aryl methyl sites for hydroxylation is 1. The number of aromatic nitrogens is 1. The van der Waals surface area contributed by atoms with Gasteiger partial charge in [0.05, 0.1) is 12.8 Å². The van der Waals surface area contributed by atoms with Gasteiger partial charge in [0.15, 0.2) is 17.1 Å². The van der Waals surface area contributed by atoms with Gasteiger partial charge >= 0.3 is 0 Å². The lowest BCUT2D eigenvalue weighted by Gasteiger charge is -2.06. The predicted octanol–water partition coefficient (Wildman–Crippen LogP) is 6.03. The van der Waals surface area contributed by atoms with Gasteiger partial charge in [-0.3, -0.25) is 4.99 Å². The second-order valence-corrected chi connectivity index (χ2v) is 7.26. The van der Waals surface area contributed by atoms with Crippen molar-refractivity contribution in [3.63, 3.8) is 0 Å². The first kappa shape index (κ1) is 18.3. The van der Waals surface area contributed by atoms with Crippen LogP contribution in [0.25, 0.3) is 22.6 Å². The van der Waals surface area contributed by atoms with Gasteiger partial charge in [-0.2, -0.15) is 0 Å². The molecule has 1 aromatic heterocycles. The Kier molecular flexibility index (Phi) is 4.88. The number of phenolic OH excluding ortho intramolecular Hbond substituents is 1. The van der Waals surface area contributed by atoms with E-state index in [2.05, 4.69) is 25.9 Å². The Morgan fingerprint density at radius 2 is 1.89 bits per heavy atom. The van der Waals surface area contributed by atoms with Crippen LogP contribution in [0, 0.1) is 6.92 Å². The number of methoxy groups -OCH3 is 1. The van der Waals surface area contributed by atoms with E-state index in [1.54, 1.807) is 18.3 Å². The molecular formula is C22H17BrN2O3. The SMILES string of the molecule is COc1cc(Br)cc(C=Nc2ccc(-c3nc4cc(C)ccc4o3)cc2)c1O. The molecule has 0 aliphatic rings. The maximum Gasteiger partial charge on any atom is 0.227 e. The van der Waals surface area contributed by atoms with E-state index >= 15 is 0 Å². The van der Waals surface area contributed by atoms with E-state index in [0.29, 0.717) is 17.2 Å². The summed E-state index contributed by atoms with van der Waals surface area (Å²) in [6, 6.07) is 17.0. The van der Waals surface area contributed by atoms with E-state index in [1.807, 2.05) is 49.4 Å². The predicted molar refractivity (Wildman–Crippen MR) is 114 cm³/mol. The van der Waals surface area contributed by atoms with Crippen LogP contribution in [0.15, 0.2) is 68.5 Å². The van der Waals surface area contributed by atoms with Gasteiger partial charge in [-0.25, -0.2) is 4.98 Å². The summed E-state index contributed by atoms with van der Waals surface area (Å²) in [4.78, 5) is 8.98. The molecule has 0 spiro atoms. The zero-order chi connectivity index (χ0) is 19.7. The highest BCUT2D eigenvalue weighted by Gasteiger charge is 2.09. The fourth-order valence-corrected chi connectivity index (χ4v) is 3.30. The average Bonchev–Trinajstić information content (AvgIpc) is 3.11. The lowest BCUT2D eigenvalue weighted by atomic mass is 10.2. The minimum Gasteiger partial charge on any atom is -0.504 e. The molecule has 0 fully saturated rings. The second kappa shape index (κ2) is 7.48. The summed E-state index contributed by atoms with van der Waals surface area (Å²) in [6.45, 7) is 2.03. The molecule has 0 aliphatic heterocycles. The summed E-state index contributed by atoms with van der Waals surface area (Å²) >= 11 is 3.40. The van der Waals surface area contributed by atoms with Crippen molar-refractivity contribution < 1.29 is 14.3 Å². The molecule has 0 saturated carbocycles. The zero-order valence-electron chi connectivity index (χ0n) is 15.3. The summed E-state index contributed by atoms with van der Waals surface area (Å²) in [5.41, 5.74) is 4.93. The van der Waals surface area contributed by atoms with Crippen LogP contribution in [0.4, 0.5) is 5.69 Å². The smallest absolute Gasteiger partial charge is 0.227 e. The Morgan fingerprint density at radius 1 is 1.11 bits per heavy atom. The number of ether oxygens (including phenoxy) is 1. The largest absolute Gasteiger partial charge is 0.504 e. The lowest BCUT2D eigenvalue weighted by Crippen LogP contribution is -1.89. The van der Waals surface area contributed by atoms with Crippen molar-refractivity contribution in [3.05, 3.63) is 70.2 Å². The normalized spacial score (nSPS) is 11.4. The van der Waals surface area contributed by atoms with Gasteiger partial charge in [0.1, 0.15) is 5.52 Å². The maximum atomic E-state index is 10.2. The first-order valence-electron chi connectivity index (χ1n) is 8.62. The van der Waals surface area contributed by atoms with Crippen LogP contribution in [0.5, 0.6) is 11.5 Å². The highest BCUT2D eigenvalue weighted by molar-refractivity contribution is 9.10. The summed E-state index contributed by atoms with van der Waals surface area (Å²) in [6.07, 6.45) is 1.60. The van der Waals surface area contributed by atoms with Crippen molar-refractivity contribution >= 4 is 38.9 Å². The van der Waals surface area contributed by atoms with E-state index in [1.165, 1.54) is 7.11 Å². The molecule has 6 heteroatoms. The monoisotopic (exact) mass is 436 g/mol. The van der Waals surface area contributed by atoms with Crippen molar-refractivity contribution in [1.82, 2.24) is 4.98 Å². The first-order chi connectivity index (χ1) is 13.5. The number of hydrogen-bond acceptors (Lipinski definition) is 5. The highest BCUT2D eigenvalue weighted by Crippen LogP contribution is 2.33. The standard InChI is InChI=1S/C22H17BrN2O3/c1-13-3-8-19-18(9-13)25-22(28-19)14-4-6-17(7-5-14)24-12-15-10-16(23)11-20(27-2)21(15)26/h3-12,26H,1-2H3.